The molecule has 5 N–H and O–H groups in total. The molecule has 0 aliphatic heterocycles. The highest BCUT2D eigenvalue weighted by Crippen LogP contribution is 2.45. The van der Waals surface area contributed by atoms with E-state index in [1.54, 1.807) is 45.9 Å². The van der Waals surface area contributed by atoms with Gasteiger partial charge in [-0.25, -0.2) is 57.5 Å². The normalized spacial score (nSPS) is 12.3. The maximum Gasteiger partial charge on any atom is 0.339 e. The molecule has 2 unspecified atom stereocenters. The Hall–Kier alpha value is -11.2. The molecule has 0 aromatic heterocycles. The highest BCUT2D eigenvalue weighted by Gasteiger charge is 2.54. The Balaban J connectivity index is 0.956. The number of ether oxygens (including phenoxy) is 10. The lowest BCUT2D eigenvalue weighted by molar-refractivity contribution is -0.147. The van der Waals surface area contributed by atoms with E-state index in [1.165, 1.54) is 109 Å². The molecular weight excluding hydrogens is 1370 g/mol. The minimum Gasteiger partial charge on any atom is -0.478 e. The van der Waals surface area contributed by atoms with E-state index in [9.17, 15) is 83.1 Å². The zero-order valence-electron chi connectivity index (χ0n) is 58.9. The Morgan fingerprint density at radius 3 is 1.04 bits per heavy atom. The van der Waals surface area contributed by atoms with E-state index in [0.29, 0.717) is 6.42 Å². The van der Waals surface area contributed by atoms with Crippen molar-refractivity contribution in [2.75, 3.05) is 79.3 Å². The van der Waals surface area contributed by atoms with Crippen molar-refractivity contribution in [1.29, 1.82) is 0 Å². The zero-order valence-corrected chi connectivity index (χ0v) is 58.9. The highest BCUT2D eigenvalue weighted by atomic mass is 16.6. The summed E-state index contributed by atoms with van der Waals surface area (Å²) in [7, 11) is 0. The summed E-state index contributed by atoms with van der Waals surface area (Å²) in [6, 6.07) is 32.1. The number of aromatic carboxylic acids is 2. The van der Waals surface area contributed by atoms with Crippen molar-refractivity contribution in [3.8, 4) is 0 Å². The SMILES string of the molecule is CCCCCCC(CO)(CO)COC(=O)c1ccc(C(=O)OCCOC(=O)c2cccc(C(=O)OCC(CC)(CO)COC(=O)c3ccc(C(=O)OCCOC(=O)c4cccc(C(=O)OC(CC)(CC)C(CC)(COC(=O)c5ccccc5)COC(=O)c5ccc(C(=O)O)cc5C(=O)O)c4)cc3)c2)cc1. The molecule has 0 bridgehead atoms. The number of rotatable bonds is 42. The highest BCUT2D eigenvalue weighted by molar-refractivity contribution is 6.05. The van der Waals surface area contributed by atoms with Crippen LogP contribution in [0.2, 0.25) is 0 Å². The number of esters is 10. The molecule has 0 spiro atoms. The van der Waals surface area contributed by atoms with Gasteiger partial charge in [-0.2, -0.15) is 0 Å². The summed E-state index contributed by atoms with van der Waals surface area (Å²) in [4.78, 5) is 156. The second-order valence-electron chi connectivity index (χ2n) is 24.8. The van der Waals surface area contributed by atoms with Gasteiger partial charge < -0.3 is 72.9 Å². The first kappa shape index (κ1) is 82.8. The third-order valence-corrected chi connectivity index (χ3v) is 18.1. The standard InChI is InChI=1S/C78H86O27/c1-6-11-12-16-35-76(44-80,45-81)48-102-69(90)55-31-27-53(28-32-55)66(87)96-36-38-98-70(91)57-21-17-23-59(40-57)72(93)101-47-75(7-2,43-79)46-100-68(89)54-29-25-52(26-30-54)65(86)97-37-39-99-71(92)58-22-18-24-60(41-58)73(94)105-78(9-4,10-5)77(8-3,49-103-67(88)51-19-14-13-15-20-51)50-104-74(95)61-34-33-56(63(82)83)42-62(61)64(84)85/h13-15,17-34,40-42,79-81H,6-12,16,35-39,43-50H2,1-5H3,(H,82,83)(H,84,85). The summed E-state index contributed by atoms with van der Waals surface area (Å²) in [5.74, 6) is -11.7. The fourth-order valence-electron chi connectivity index (χ4n) is 11.0. The number of hydrogen-bond donors (Lipinski definition) is 5. The molecule has 2 atom stereocenters. The van der Waals surface area contributed by atoms with E-state index in [0.717, 1.165) is 43.9 Å². The van der Waals surface area contributed by atoms with Crippen molar-refractivity contribution in [2.24, 2.45) is 16.2 Å². The third-order valence-electron chi connectivity index (χ3n) is 18.1. The van der Waals surface area contributed by atoms with Gasteiger partial charge in [0.2, 0.25) is 0 Å². The summed E-state index contributed by atoms with van der Waals surface area (Å²) in [6.45, 7) is 3.82. The van der Waals surface area contributed by atoms with Crippen LogP contribution in [0.15, 0.2) is 146 Å². The first-order valence-electron chi connectivity index (χ1n) is 34.0. The zero-order chi connectivity index (χ0) is 76.7. The van der Waals surface area contributed by atoms with Gasteiger partial charge in [-0.05, 0) is 147 Å². The molecule has 0 fully saturated rings. The van der Waals surface area contributed by atoms with Gasteiger partial charge in [-0.1, -0.05) is 90.6 Å². The van der Waals surface area contributed by atoms with E-state index < -0.39 is 156 Å². The number of carbonyl (C=O) groups is 12. The monoisotopic (exact) mass is 1450 g/mol. The second-order valence-corrected chi connectivity index (χ2v) is 24.8. The van der Waals surface area contributed by atoms with Crippen LogP contribution in [0.5, 0.6) is 0 Å². The van der Waals surface area contributed by atoms with Crippen molar-refractivity contribution < 1.29 is 130 Å². The number of hydrogen-bond acceptors (Lipinski definition) is 25. The Morgan fingerprint density at radius 1 is 0.305 bits per heavy atom. The molecule has 0 aliphatic rings. The van der Waals surface area contributed by atoms with Gasteiger partial charge in [0.05, 0.1) is 103 Å². The van der Waals surface area contributed by atoms with Crippen molar-refractivity contribution >= 4 is 71.6 Å². The van der Waals surface area contributed by atoms with Crippen LogP contribution in [0.3, 0.4) is 0 Å². The largest absolute Gasteiger partial charge is 0.478 e. The quantitative estimate of drug-likeness (QED) is 0.0135. The average Bonchev–Trinajstić information content (AvgIpc) is 0.761. The minimum absolute atomic E-state index is 0.000961. The van der Waals surface area contributed by atoms with Crippen molar-refractivity contribution in [1.82, 2.24) is 0 Å². The van der Waals surface area contributed by atoms with Crippen LogP contribution in [-0.2, 0) is 47.4 Å². The maximum atomic E-state index is 14.2. The third kappa shape index (κ3) is 22.7. The summed E-state index contributed by atoms with van der Waals surface area (Å²) < 4.78 is 55.5. The second kappa shape index (κ2) is 40.0. The number of carbonyl (C=O) groups excluding carboxylic acids is 10. The predicted molar refractivity (Wildman–Crippen MR) is 372 cm³/mol. The molecule has 6 aromatic rings. The molecule has 27 nitrogen and oxygen atoms in total. The number of unbranched alkanes of at least 4 members (excludes halogenated alkanes) is 3. The maximum absolute atomic E-state index is 14.2. The van der Waals surface area contributed by atoms with Crippen molar-refractivity contribution in [3.63, 3.8) is 0 Å². The molecule has 27 heteroatoms. The van der Waals surface area contributed by atoms with Crippen LogP contribution in [0.25, 0.3) is 0 Å². The van der Waals surface area contributed by atoms with Gasteiger partial charge >= 0.3 is 71.6 Å². The predicted octanol–water partition coefficient (Wildman–Crippen LogP) is 10.4. The fourth-order valence-corrected chi connectivity index (χ4v) is 11.0. The molecule has 0 saturated carbocycles. The summed E-state index contributed by atoms with van der Waals surface area (Å²) in [6.07, 6.45) is 4.48. The summed E-state index contributed by atoms with van der Waals surface area (Å²) >= 11 is 0. The van der Waals surface area contributed by atoms with E-state index >= 15 is 0 Å². The molecule has 0 radical (unpaired) electrons. The summed E-state index contributed by atoms with van der Waals surface area (Å²) in [5, 5.41) is 49.7. The van der Waals surface area contributed by atoms with Crippen LogP contribution in [0.4, 0.5) is 0 Å². The molecule has 105 heavy (non-hydrogen) atoms. The van der Waals surface area contributed by atoms with Crippen LogP contribution in [-0.4, -0.2) is 182 Å². The van der Waals surface area contributed by atoms with E-state index in [1.807, 2.05) is 0 Å². The lowest BCUT2D eigenvalue weighted by Crippen LogP contribution is -2.56. The number of benzene rings is 6. The molecular formula is C78H86O27. The smallest absolute Gasteiger partial charge is 0.339 e. The Labute approximate surface area is 605 Å². The van der Waals surface area contributed by atoms with Gasteiger partial charge in [-0.3, -0.25) is 0 Å². The molecule has 0 saturated heterocycles. The van der Waals surface area contributed by atoms with Crippen molar-refractivity contribution in [2.45, 2.75) is 98.0 Å². The first-order valence-corrected chi connectivity index (χ1v) is 34.0. The molecule has 0 aliphatic carbocycles. The first-order chi connectivity index (χ1) is 50.3. The van der Waals surface area contributed by atoms with Gasteiger partial charge in [0, 0.05) is 0 Å². The van der Waals surface area contributed by atoms with Gasteiger partial charge in [0.25, 0.3) is 0 Å². The minimum atomic E-state index is -1.60. The molecule has 0 heterocycles. The molecule has 6 rings (SSSR count). The number of aliphatic hydroxyl groups excluding tert-OH is 3. The Morgan fingerprint density at radius 2 is 0.657 bits per heavy atom. The Bertz CT molecular complexity index is 4000. The van der Waals surface area contributed by atoms with Gasteiger partial charge in [-0.15, -0.1) is 0 Å². The molecule has 6 aromatic carbocycles. The van der Waals surface area contributed by atoms with Crippen molar-refractivity contribution in [3.05, 3.63) is 212 Å². The number of carboxylic acids is 2. The summed E-state index contributed by atoms with van der Waals surface area (Å²) in [5.41, 5.74) is -6.78. The molecule has 560 valence electrons. The van der Waals surface area contributed by atoms with Gasteiger partial charge in [0.15, 0.2) is 0 Å². The topological polar surface area (TPSA) is 398 Å². The lowest BCUT2D eigenvalue weighted by atomic mass is 9.67. The van der Waals surface area contributed by atoms with Crippen LogP contribution in [0.1, 0.15) is 217 Å². The molecule has 0 amide bonds. The van der Waals surface area contributed by atoms with Crippen LogP contribution < -0.4 is 0 Å². The van der Waals surface area contributed by atoms with Crippen LogP contribution in [0, 0.1) is 16.2 Å². The fraction of sp³-hybridized carbons (Fsp3) is 0.385. The average molecular weight is 1460 g/mol. The van der Waals surface area contributed by atoms with E-state index in [-0.39, 0.29) is 109 Å². The number of aliphatic hydroxyl groups is 3. The van der Waals surface area contributed by atoms with Gasteiger partial charge in [0.1, 0.15) is 65.1 Å². The Kier molecular flexibility index (Phi) is 31.6. The van der Waals surface area contributed by atoms with Crippen LogP contribution >= 0.6 is 0 Å². The van der Waals surface area contributed by atoms with E-state index in [2.05, 4.69) is 6.92 Å². The van der Waals surface area contributed by atoms with E-state index in [4.69, 9.17) is 47.4 Å². The number of carboxylic acid groups (broad SMARTS) is 2. The lowest BCUT2D eigenvalue weighted by Gasteiger charge is -2.48.